The predicted octanol–water partition coefficient (Wildman–Crippen LogP) is 14.6. The minimum atomic E-state index is -4.39. The maximum absolute atomic E-state index is 12.7. The van der Waals surface area contributed by atoms with Gasteiger partial charge < -0.3 is 18.9 Å². The van der Waals surface area contributed by atoms with E-state index in [0.717, 1.165) is 89.9 Å². The third-order valence-corrected chi connectivity index (χ3v) is 11.6. The predicted molar refractivity (Wildman–Crippen MR) is 257 cm³/mol. The maximum Gasteiger partial charge on any atom is 0.472 e. The third-order valence-electron chi connectivity index (χ3n) is 10.6. The number of allylic oxidation sites excluding steroid dienone is 8. The Labute approximate surface area is 375 Å². The average Bonchev–Trinajstić information content (AvgIpc) is 3.21. The van der Waals surface area contributed by atoms with E-state index >= 15 is 0 Å². The summed E-state index contributed by atoms with van der Waals surface area (Å²) >= 11 is 0. The van der Waals surface area contributed by atoms with Crippen molar-refractivity contribution in [2.45, 2.75) is 219 Å². The van der Waals surface area contributed by atoms with E-state index < -0.39 is 26.5 Å². The molecule has 0 aromatic heterocycles. The first-order chi connectivity index (χ1) is 29.5. The molecule has 0 spiro atoms. The van der Waals surface area contributed by atoms with Crippen molar-refractivity contribution in [3.05, 3.63) is 48.6 Å². The highest BCUT2D eigenvalue weighted by molar-refractivity contribution is 7.47. The van der Waals surface area contributed by atoms with Crippen molar-refractivity contribution in [3.8, 4) is 0 Å². The number of esters is 2. The molecule has 0 aliphatic heterocycles. The van der Waals surface area contributed by atoms with Gasteiger partial charge in [-0.05, 0) is 77.0 Å². The van der Waals surface area contributed by atoms with Crippen molar-refractivity contribution < 1.29 is 42.1 Å². The molecule has 0 heterocycles. The van der Waals surface area contributed by atoms with Gasteiger partial charge in [-0.3, -0.25) is 18.6 Å². The summed E-state index contributed by atoms with van der Waals surface area (Å²) in [6, 6.07) is 0. The van der Waals surface area contributed by atoms with E-state index in [2.05, 4.69) is 62.5 Å². The van der Waals surface area contributed by atoms with E-state index in [4.69, 9.17) is 18.5 Å². The number of unbranched alkanes of at least 4 members (excludes halogenated alkanes) is 23. The summed E-state index contributed by atoms with van der Waals surface area (Å²) in [5, 5.41) is 0. The van der Waals surface area contributed by atoms with Crippen molar-refractivity contribution in [2.75, 3.05) is 47.5 Å². The Bertz CT molecular complexity index is 1180. The van der Waals surface area contributed by atoms with Crippen LogP contribution < -0.4 is 0 Å². The molecule has 356 valence electrons. The molecule has 9 nitrogen and oxygen atoms in total. The van der Waals surface area contributed by atoms with Crippen molar-refractivity contribution in [1.29, 1.82) is 0 Å². The Morgan fingerprint density at radius 3 is 1.33 bits per heavy atom. The topological polar surface area (TPSA) is 108 Å². The van der Waals surface area contributed by atoms with Crippen LogP contribution in [0, 0.1) is 0 Å². The van der Waals surface area contributed by atoms with Gasteiger partial charge in [0.05, 0.1) is 27.7 Å². The Hall–Kier alpha value is -2.03. The van der Waals surface area contributed by atoms with E-state index in [9.17, 15) is 19.0 Å². The quantitative estimate of drug-likeness (QED) is 0.0212. The second-order valence-corrected chi connectivity index (χ2v) is 19.3. The number of ether oxygens (including phenoxy) is 2. The van der Waals surface area contributed by atoms with Crippen LogP contribution in [0.25, 0.3) is 0 Å². The number of nitrogens with zero attached hydrogens (tertiary/aromatic N) is 1. The highest BCUT2D eigenvalue weighted by atomic mass is 31.2. The molecule has 0 radical (unpaired) electrons. The molecular formula is C51H95NO8P+. The first kappa shape index (κ1) is 59.0. The van der Waals surface area contributed by atoms with E-state index in [1.165, 1.54) is 89.9 Å². The van der Waals surface area contributed by atoms with Crippen LogP contribution in [0.15, 0.2) is 48.6 Å². The Kier molecular flexibility index (Phi) is 41.8. The number of phosphoric acid groups is 1. The second kappa shape index (κ2) is 43.2. The summed E-state index contributed by atoms with van der Waals surface area (Å²) in [5.74, 6) is -0.820. The van der Waals surface area contributed by atoms with Crippen molar-refractivity contribution in [1.82, 2.24) is 0 Å². The molecule has 0 fully saturated rings. The van der Waals surface area contributed by atoms with E-state index in [0.29, 0.717) is 17.4 Å². The van der Waals surface area contributed by atoms with E-state index in [1.54, 1.807) is 0 Å². The number of hydrogen-bond donors (Lipinski definition) is 1. The van der Waals surface area contributed by atoms with Crippen LogP contribution in [-0.2, 0) is 32.7 Å². The van der Waals surface area contributed by atoms with Gasteiger partial charge in [0, 0.05) is 12.8 Å². The number of carbonyl (C=O) groups is 2. The summed E-state index contributed by atoms with van der Waals surface area (Å²) < 4.78 is 34.4. The molecule has 0 aliphatic carbocycles. The van der Waals surface area contributed by atoms with Crippen molar-refractivity contribution >= 4 is 19.8 Å². The smallest absolute Gasteiger partial charge is 0.462 e. The second-order valence-electron chi connectivity index (χ2n) is 17.8. The number of phosphoric ester groups is 1. The standard InChI is InChI=1S/C51H94NO8P/c1-6-8-10-12-14-16-18-20-22-24-25-26-27-28-30-32-34-36-38-40-42-44-51(54)60-49(48-59-61(55,56)58-46-45-52(3,4)5)47-57-50(53)43-41-39-37-35-33-31-29-23-21-19-17-15-13-11-9-7-2/h18,20,23-25,27-29,49H,6-17,19,21-22,26,30-48H2,1-5H3/p+1/b20-18-,25-24-,28-27-,29-23-. The lowest BCUT2D eigenvalue weighted by Crippen LogP contribution is -2.37. The highest BCUT2D eigenvalue weighted by Gasteiger charge is 2.27. The molecule has 0 aromatic carbocycles. The van der Waals surface area contributed by atoms with Crippen LogP contribution in [0.3, 0.4) is 0 Å². The van der Waals surface area contributed by atoms with Crippen molar-refractivity contribution in [2.24, 2.45) is 0 Å². The summed E-state index contributed by atoms with van der Waals surface area (Å²) in [6.07, 6.45) is 51.5. The first-order valence-electron chi connectivity index (χ1n) is 24.9. The molecule has 2 atom stereocenters. The zero-order chi connectivity index (χ0) is 45.0. The molecule has 0 amide bonds. The molecule has 0 aliphatic rings. The molecule has 0 saturated heterocycles. The molecule has 2 unspecified atom stereocenters. The lowest BCUT2D eigenvalue weighted by molar-refractivity contribution is -0.870. The summed E-state index contributed by atoms with van der Waals surface area (Å²) in [5.41, 5.74) is 0. The van der Waals surface area contributed by atoms with Gasteiger partial charge in [0.25, 0.3) is 0 Å². The molecule has 0 bridgehead atoms. The number of likely N-dealkylation sites (N-methyl/N-ethyl adjacent to an activating group) is 1. The maximum atomic E-state index is 12.7. The van der Waals surface area contributed by atoms with Gasteiger partial charge in [0.15, 0.2) is 6.10 Å². The zero-order valence-corrected chi connectivity index (χ0v) is 41.0. The first-order valence-corrected chi connectivity index (χ1v) is 26.4. The van der Waals surface area contributed by atoms with Gasteiger partial charge in [0.2, 0.25) is 0 Å². The Morgan fingerprint density at radius 1 is 0.508 bits per heavy atom. The van der Waals surface area contributed by atoms with E-state index in [-0.39, 0.29) is 32.0 Å². The molecule has 0 saturated carbocycles. The monoisotopic (exact) mass is 881 g/mol. The van der Waals surface area contributed by atoms with Crippen molar-refractivity contribution in [3.63, 3.8) is 0 Å². The molecular weight excluding hydrogens is 786 g/mol. The van der Waals surface area contributed by atoms with Gasteiger partial charge in [-0.2, -0.15) is 0 Å². The summed E-state index contributed by atoms with van der Waals surface area (Å²) in [6.45, 7) is 4.40. The zero-order valence-electron chi connectivity index (χ0n) is 40.1. The lowest BCUT2D eigenvalue weighted by Gasteiger charge is -2.24. The van der Waals surface area contributed by atoms with Crippen LogP contribution in [0.4, 0.5) is 0 Å². The third kappa shape index (κ3) is 47.3. The number of rotatable bonds is 45. The summed E-state index contributed by atoms with van der Waals surface area (Å²) in [4.78, 5) is 35.5. The molecule has 10 heteroatoms. The number of hydrogen-bond acceptors (Lipinski definition) is 7. The minimum Gasteiger partial charge on any atom is -0.462 e. The van der Waals surface area contributed by atoms with Gasteiger partial charge in [-0.15, -0.1) is 0 Å². The van der Waals surface area contributed by atoms with E-state index in [1.807, 2.05) is 21.1 Å². The lowest BCUT2D eigenvalue weighted by atomic mass is 10.1. The summed E-state index contributed by atoms with van der Waals surface area (Å²) in [7, 11) is 1.46. The number of carbonyl (C=O) groups excluding carboxylic acids is 2. The molecule has 0 aromatic rings. The fourth-order valence-electron chi connectivity index (χ4n) is 6.66. The average molecular weight is 881 g/mol. The fraction of sp³-hybridized carbons (Fsp3) is 0.804. The van der Waals surface area contributed by atoms with Crippen LogP contribution in [0.2, 0.25) is 0 Å². The van der Waals surface area contributed by atoms with Gasteiger partial charge in [0.1, 0.15) is 19.8 Å². The van der Waals surface area contributed by atoms with Crippen LogP contribution in [-0.4, -0.2) is 74.9 Å². The van der Waals surface area contributed by atoms with Crippen LogP contribution in [0.1, 0.15) is 213 Å². The molecule has 0 rings (SSSR count). The highest BCUT2D eigenvalue weighted by Crippen LogP contribution is 2.43. The molecule has 61 heavy (non-hydrogen) atoms. The normalized spacial score (nSPS) is 13.9. The number of quaternary nitrogens is 1. The minimum absolute atomic E-state index is 0.0265. The van der Waals surface area contributed by atoms with Crippen LogP contribution in [0.5, 0.6) is 0 Å². The SMILES string of the molecule is CCCCCCC/C=C\C/C=C\C/C=C\CCCCCCCCC(=O)OC(COC(=O)CCCCCCC/C=C\CCCCCCCCC)COP(=O)(O)OCC[N+](C)(C)C. The Balaban J connectivity index is 4.33. The fourth-order valence-corrected chi connectivity index (χ4v) is 7.40. The van der Waals surface area contributed by atoms with Gasteiger partial charge >= 0.3 is 19.8 Å². The Morgan fingerprint density at radius 2 is 0.885 bits per heavy atom. The van der Waals surface area contributed by atoms with Gasteiger partial charge in [-0.1, -0.05) is 172 Å². The largest absolute Gasteiger partial charge is 0.472 e. The van der Waals surface area contributed by atoms with Gasteiger partial charge in [-0.25, -0.2) is 4.57 Å². The molecule has 1 N–H and O–H groups in total. The van der Waals surface area contributed by atoms with Crippen LogP contribution >= 0.6 is 7.82 Å².